The van der Waals surface area contributed by atoms with Gasteiger partial charge in [0, 0.05) is 47.5 Å². The summed E-state index contributed by atoms with van der Waals surface area (Å²) in [6.07, 6.45) is 1.68. The lowest BCUT2D eigenvalue weighted by molar-refractivity contribution is -0.121. The molecule has 0 radical (unpaired) electrons. The number of aromatic hydroxyl groups is 1. The van der Waals surface area contributed by atoms with Gasteiger partial charge < -0.3 is 14.4 Å². The Balaban J connectivity index is 1.51. The zero-order valence-corrected chi connectivity index (χ0v) is 20.9. The lowest BCUT2D eigenvalue weighted by Crippen LogP contribution is -2.19. The summed E-state index contributed by atoms with van der Waals surface area (Å²) in [7, 11) is 1.48. The number of phenols is 1. The second-order valence-electron chi connectivity index (χ2n) is 6.92. The summed E-state index contributed by atoms with van der Waals surface area (Å²) in [4.78, 5) is 12.4. The smallest absolute Gasteiger partial charge is 0.241 e. The fourth-order valence-electron chi connectivity index (χ4n) is 3.54. The molecule has 0 unspecified atom stereocenters. The van der Waals surface area contributed by atoms with Crippen LogP contribution in [0, 0.1) is 7.14 Å². The molecule has 3 aromatic carbocycles. The average Bonchev–Trinajstić information content (AvgIpc) is 3.05. The number of nitrogens with zero attached hydrogens (tertiary/aromatic N) is 2. The van der Waals surface area contributed by atoms with E-state index in [1.54, 1.807) is 18.2 Å². The van der Waals surface area contributed by atoms with Gasteiger partial charge >= 0.3 is 0 Å². The fraction of sp³-hybridized carbons (Fsp3) is 0.130. The topological polar surface area (TPSA) is 75.8 Å². The molecular weight excluding hydrogens is 620 g/mol. The molecule has 1 amide bonds. The molecular formula is C23H19I2N3O3. The molecule has 0 atom stereocenters. The number of hydrogen-bond acceptors (Lipinski definition) is 4. The van der Waals surface area contributed by atoms with Gasteiger partial charge in [-0.05, 0) is 93.7 Å². The van der Waals surface area contributed by atoms with Gasteiger partial charge in [0.1, 0.15) is 0 Å². The summed E-state index contributed by atoms with van der Waals surface area (Å²) in [6, 6.07) is 17.8. The summed E-state index contributed by atoms with van der Waals surface area (Å²) in [5, 5.41) is 16.4. The van der Waals surface area contributed by atoms with Crippen molar-refractivity contribution in [2.75, 3.05) is 7.11 Å². The third-order valence-electron chi connectivity index (χ3n) is 4.99. The van der Waals surface area contributed by atoms with Crippen molar-refractivity contribution in [3.63, 3.8) is 0 Å². The number of aromatic nitrogens is 1. The highest BCUT2D eigenvalue weighted by atomic mass is 127. The lowest BCUT2D eigenvalue weighted by Gasteiger charge is -2.07. The zero-order valence-electron chi connectivity index (χ0n) is 16.6. The number of benzene rings is 3. The van der Waals surface area contributed by atoms with Crippen molar-refractivity contribution < 1.29 is 14.6 Å². The van der Waals surface area contributed by atoms with Crippen LogP contribution in [0.15, 0.2) is 59.7 Å². The molecule has 1 heterocycles. The Labute approximate surface area is 206 Å². The van der Waals surface area contributed by atoms with Gasteiger partial charge in [-0.15, -0.1) is 0 Å². The van der Waals surface area contributed by atoms with E-state index < -0.39 is 0 Å². The SMILES string of the molecule is COc1cccc(/C=N\NC(=O)CCn2c3ccc(I)cc3c3cc(I)ccc32)c1O. The van der Waals surface area contributed by atoms with Crippen LogP contribution in [0.4, 0.5) is 0 Å². The monoisotopic (exact) mass is 639 g/mol. The fourth-order valence-corrected chi connectivity index (χ4v) is 4.52. The van der Waals surface area contributed by atoms with Crippen molar-refractivity contribution in [3.05, 3.63) is 67.3 Å². The minimum absolute atomic E-state index is 0.0162. The van der Waals surface area contributed by atoms with Crippen LogP contribution in [0.1, 0.15) is 12.0 Å². The van der Waals surface area contributed by atoms with E-state index in [2.05, 4.69) is 96.7 Å². The molecule has 31 heavy (non-hydrogen) atoms. The minimum Gasteiger partial charge on any atom is -0.504 e. The van der Waals surface area contributed by atoms with E-state index in [1.807, 2.05) is 0 Å². The Morgan fingerprint density at radius 2 is 1.74 bits per heavy atom. The number of para-hydroxylation sites is 1. The molecule has 8 heteroatoms. The van der Waals surface area contributed by atoms with Crippen molar-refractivity contribution in [2.45, 2.75) is 13.0 Å². The molecule has 0 aliphatic carbocycles. The normalized spacial score (nSPS) is 11.5. The summed E-state index contributed by atoms with van der Waals surface area (Å²) < 4.78 is 9.60. The lowest BCUT2D eigenvalue weighted by atomic mass is 10.2. The van der Waals surface area contributed by atoms with Crippen LogP contribution in [-0.2, 0) is 11.3 Å². The van der Waals surface area contributed by atoms with Crippen LogP contribution in [0.3, 0.4) is 0 Å². The maximum atomic E-state index is 12.4. The van der Waals surface area contributed by atoms with E-state index >= 15 is 0 Å². The highest BCUT2D eigenvalue weighted by Gasteiger charge is 2.13. The second-order valence-corrected chi connectivity index (χ2v) is 9.41. The standard InChI is InChI=1S/C23H19I2N3O3/c1-31-21-4-2-3-14(23(21)30)13-26-27-22(29)9-10-28-19-7-5-15(24)11-17(19)18-12-16(25)6-8-20(18)28/h2-8,11-13,30H,9-10H2,1H3,(H,27,29)/b26-13-. The minimum atomic E-state index is -0.204. The molecule has 0 fully saturated rings. The number of amides is 1. The maximum Gasteiger partial charge on any atom is 0.241 e. The number of carbonyl (C=O) groups is 1. The van der Waals surface area contributed by atoms with Gasteiger partial charge in [0.15, 0.2) is 11.5 Å². The van der Waals surface area contributed by atoms with Crippen molar-refractivity contribution in [3.8, 4) is 11.5 Å². The first kappa shape index (κ1) is 21.9. The summed E-state index contributed by atoms with van der Waals surface area (Å²) in [5.41, 5.74) is 5.21. The quantitative estimate of drug-likeness (QED) is 0.172. The summed E-state index contributed by atoms with van der Waals surface area (Å²) >= 11 is 4.64. The number of rotatable bonds is 6. The Bertz CT molecular complexity index is 1260. The average molecular weight is 639 g/mol. The molecule has 4 aromatic rings. The van der Waals surface area contributed by atoms with E-state index in [9.17, 15) is 9.90 Å². The number of nitrogens with one attached hydrogen (secondary N) is 1. The van der Waals surface area contributed by atoms with Gasteiger partial charge in [-0.3, -0.25) is 4.79 Å². The Morgan fingerprint density at radius 3 is 2.35 bits per heavy atom. The number of aryl methyl sites for hydroxylation is 1. The van der Waals surface area contributed by atoms with Crippen LogP contribution in [0.5, 0.6) is 11.5 Å². The van der Waals surface area contributed by atoms with Crippen LogP contribution in [0.2, 0.25) is 0 Å². The molecule has 0 saturated carbocycles. The number of hydrogen-bond donors (Lipinski definition) is 2. The number of carbonyl (C=O) groups excluding carboxylic acids is 1. The van der Waals surface area contributed by atoms with E-state index in [-0.39, 0.29) is 18.1 Å². The van der Waals surface area contributed by atoms with Gasteiger partial charge in [0.25, 0.3) is 0 Å². The van der Waals surface area contributed by atoms with Crippen LogP contribution in [0.25, 0.3) is 21.8 Å². The molecule has 6 nitrogen and oxygen atoms in total. The van der Waals surface area contributed by atoms with Crippen molar-refractivity contribution in [1.29, 1.82) is 0 Å². The van der Waals surface area contributed by atoms with Gasteiger partial charge in [0.2, 0.25) is 5.91 Å². The number of hydrazone groups is 1. The van der Waals surface area contributed by atoms with Gasteiger partial charge in [-0.2, -0.15) is 5.10 Å². The third-order valence-corrected chi connectivity index (χ3v) is 6.34. The molecule has 1 aromatic heterocycles. The van der Waals surface area contributed by atoms with E-state index in [1.165, 1.54) is 31.2 Å². The molecule has 2 N–H and O–H groups in total. The van der Waals surface area contributed by atoms with Crippen molar-refractivity contribution >= 4 is 79.1 Å². The summed E-state index contributed by atoms with van der Waals surface area (Å²) in [6.45, 7) is 0.535. The molecule has 158 valence electrons. The van der Waals surface area contributed by atoms with Crippen LogP contribution < -0.4 is 10.2 Å². The van der Waals surface area contributed by atoms with Crippen LogP contribution >= 0.6 is 45.2 Å². The van der Waals surface area contributed by atoms with E-state index in [0.717, 1.165) is 11.0 Å². The first-order chi connectivity index (χ1) is 15.0. The Morgan fingerprint density at radius 1 is 1.10 bits per heavy atom. The molecule has 0 spiro atoms. The van der Waals surface area contributed by atoms with E-state index in [0.29, 0.717) is 17.9 Å². The maximum absolute atomic E-state index is 12.4. The number of methoxy groups -OCH3 is 1. The molecule has 0 aliphatic heterocycles. The number of halogens is 2. The molecule has 0 saturated heterocycles. The number of phenolic OH excluding ortho intramolecular Hbond substituents is 1. The van der Waals surface area contributed by atoms with Gasteiger partial charge in [-0.25, -0.2) is 5.43 Å². The Kier molecular flexibility index (Phi) is 6.65. The molecule has 4 rings (SSSR count). The second kappa shape index (κ2) is 9.43. The largest absolute Gasteiger partial charge is 0.504 e. The molecule has 0 bridgehead atoms. The molecule has 0 aliphatic rings. The Hall–Kier alpha value is -2.34. The number of ether oxygens (including phenoxy) is 1. The van der Waals surface area contributed by atoms with Crippen LogP contribution in [-0.4, -0.2) is 28.9 Å². The number of fused-ring (bicyclic) bond motifs is 3. The summed E-state index contributed by atoms with van der Waals surface area (Å²) in [5.74, 6) is 0.133. The highest BCUT2D eigenvalue weighted by molar-refractivity contribution is 14.1. The van der Waals surface area contributed by atoms with Crippen molar-refractivity contribution in [2.24, 2.45) is 5.10 Å². The first-order valence-corrected chi connectivity index (χ1v) is 11.7. The van der Waals surface area contributed by atoms with Gasteiger partial charge in [-0.1, -0.05) is 6.07 Å². The van der Waals surface area contributed by atoms with Gasteiger partial charge in [0.05, 0.1) is 13.3 Å². The third kappa shape index (κ3) is 4.64. The first-order valence-electron chi connectivity index (χ1n) is 9.53. The van der Waals surface area contributed by atoms with E-state index in [4.69, 9.17) is 4.74 Å². The predicted molar refractivity (Wildman–Crippen MR) is 140 cm³/mol. The zero-order chi connectivity index (χ0) is 22.0. The highest BCUT2D eigenvalue weighted by Crippen LogP contribution is 2.31. The predicted octanol–water partition coefficient (Wildman–Crippen LogP) is 5.26. The van der Waals surface area contributed by atoms with Crippen molar-refractivity contribution in [1.82, 2.24) is 9.99 Å².